The Morgan fingerprint density at radius 1 is 1.32 bits per heavy atom. The lowest BCUT2D eigenvalue weighted by Crippen LogP contribution is -2.37. The van der Waals surface area contributed by atoms with Crippen molar-refractivity contribution in [3.8, 4) is 10.4 Å². The summed E-state index contributed by atoms with van der Waals surface area (Å²) in [4.78, 5) is 23.6. The zero-order valence-corrected chi connectivity index (χ0v) is 15.7. The molecule has 4 rings (SSSR count). The monoisotopic (exact) mass is 373 g/mol. The summed E-state index contributed by atoms with van der Waals surface area (Å²) in [6.45, 7) is 4.03. The van der Waals surface area contributed by atoms with Crippen LogP contribution in [-0.2, 0) is 6.54 Å². The highest BCUT2D eigenvalue weighted by Gasteiger charge is 2.20. The van der Waals surface area contributed by atoms with Gasteiger partial charge in [-0.2, -0.15) is 0 Å². The Morgan fingerprint density at radius 2 is 2.12 bits per heavy atom. The zero-order valence-electron chi connectivity index (χ0n) is 14.1. The van der Waals surface area contributed by atoms with Crippen molar-refractivity contribution in [3.05, 3.63) is 51.5 Å². The summed E-state index contributed by atoms with van der Waals surface area (Å²) in [5.74, 6) is 0.756. The van der Waals surface area contributed by atoms with Crippen molar-refractivity contribution in [2.75, 3.05) is 6.54 Å². The molecule has 0 saturated carbocycles. The van der Waals surface area contributed by atoms with Gasteiger partial charge in [-0.1, -0.05) is 30.2 Å². The van der Waals surface area contributed by atoms with Gasteiger partial charge in [0.05, 0.1) is 12.1 Å². The first-order chi connectivity index (χ1) is 12.1. The fourth-order valence-electron chi connectivity index (χ4n) is 3.40. The number of piperidine rings is 1. The van der Waals surface area contributed by atoms with E-state index in [1.165, 1.54) is 30.6 Å². The van der Waals surface area contributed by atoms with Gasteiger partial charge in [0.15, 0.2) is 0 Å². The van der Waals surface area contributed by atoms with E-state index in [0.29, 0.717) is 22.3 Å². The number of nitrogens with one attached hydrogen (secondary N) is 1. The van der Waals surface area contributed by atoms with Gasteiger partial charge in [-0.3, -0.25) is 9.69 Å². The molecule has 1 N–H and O–H groups in total. The van der Waals surface area contributed by atoms with E-state index >= 15 is 0 Å². The quantitative estimate of drug-likeness (QED) is 0.725. The first-order valence-electron chi connectivity index (χ1n) is 8.63. The predicted octanol–water partition coefficient (Wildman–Crippen LogP) is 4.68. The Labute approximate surface area is 155 Å². The molecule has 0 aliphatic carbocycles. The van der Waals surface area contributed by atoms with Gasteiger partial charge in [0.25, 0.3) is 5.56 Å². The number of fused-ring (bicyclic) bond motifs is 1. The van der Waals surface area contributed by atoms with Crippen molar-refractivity contribution in [3.63, 3.8) is 0 Å². The molecular weight excluding hydrogens is 354 g/mol. The predicted molar refractivity (Wildman–Crippen MR) is 104 cm³/mol. The Morgan fingerprint density at radius 3 is 2.88 bits per heavy atom. The molecular formula is C19H20ClN3OS. The Balaban J connectivity index is 1.67. The van der Waals surface area contributed by atoms with E-state index in [2.05, 4.69) is 16.8 Å². The number of hydrogen-bond donors (Lipinski definition) is 1. The number of halogens is 1. The van der Waals surface area contributed by atoms with Crippen molar-refractivity contribution in [2.24, 2.45) is 0 Å². The molecule has 25 heavy (non-hydrogen) atoms. The molecule has 4 nitrogen and oxygen atoms in total. The van der Waals surface area contributed by atoms with Crippen LogP contribution in [0, 0.1) is 0 Å². The summed E-state index contributed by atoms with van der Waals surface area (Å²) in [7, 11) is 0. The maximum absolute atomic E-state index is 12.5. The van der Waals surface area contributed by atoms with Crippen LogP contribution in [-0.4, -0.2) is 27.5 Å². The van der Waals surface area contributed by atoms with Crippen molar-refractivity contribution in [1.82, 2.24) is 14.9 Å². The molecule has 1 atom stereocenters. The van der Waals surface area contributed by atoms with E-state index in [4.69, 9.17) is 16.6 Å². The first kappa shape index (κ1) is 16.8. The number of likely N-dealkylation sites (tertiary alicyclic amines) is 1. The molecule has 1 saturated heterocycles. The van der Waals surface area contributed by atoms with Crippen molar-refractivity contribution in [1.29, 1.82) is 0 Å². The minimum atomic E-state index is -0.0464. The molecule has 3 aromatic rings. The highest BCUT2D eigenvalue weighted by molar-refractivity contribution is 7.22. The number of benzene rings is 1. The molecule has 1 aliphatic rings. The normalized spacial score (nSPS) is 18.7. The van der Waals surface area contributed by atoms with Gasteiger partial charge in [0.1, 0.15) is 10.5 Å². The smallest absolute Gasteiger partial charge is 0.268 e. The van der Waals surface area contributed by atoms with Crippen LogP contribution in [0.2, 0.25) is 5.02 Å². The molecule has 0 radical (unpaired) electrons. The van der Waals surface area contributed by atoms with Crippen molar-refractivity contribution >= 4 is 33.2 Å². The standard InChI is InChI=1S/C19H20ClN3OS/c1-12-4-2-3-9-23(12)11-17-21-15-10-16(25-18(15)19(24)22-17)13-5-7-14(20)8-6-13/h5-8,10,12H,2-4,9,11H2,1H3,(H,21,22,24)/t12-/m1/s1. The maximum Gasteiger partial charge on any atom is 0.268 e. The van der Waals surface area contributed by atoms with Crippen LogP contribution in [0.1, 0.15) is 32.0 Å². The van der Waals surface area contributed by atoms with Crippen LogP contribution in [0.4, 0.5) is 0 Å². The van der Waals surface area contributed by atoms with Gasteiger partial charge in [-0.15, -0.1) is 11.3 Å². The lowest BCUT2D eigenvalue weighted by atomic mass is 10.0. The average Bonchev–Trinajstić information content (AvgIpc) is 3.02. The van der Waals surface area contributed by atoms with Gasteiger partial charge in [-0.25, -0.2) is 4.98 Å². The number of aromatic nitrogens is 2. The molecule has 0 spiro atoms. The maximum atomic E-state index is 12.5. The van der Waals surface area contributed by atoms with Crippen LogP contribution in [0.25, 0.3) is 20.7 Å². The summed E-state index contributed by atoms with van der Waals surface area (Å²) in [6.07, 6.45) is 3.72. The first-order valence-corrected chi connectivity index (χ1v) is 9.82. The lowest BCUT2D eigenvalue weighted by molar-refractivity contribution is 0.149. The van der Waals surface area contributed by atoms with Gasteiger partial charge >= 0.3 is 0 Å². The number of rotatable bonds is 3. The number of thiophene rings is 1. The third kappa shape index (κ3) is 3.50. The van der Waals surface area contributed by atoms with Gasteiger partial charge in [0, 0.05) is 15.9 Å². The highest BCUT2D eigenvalue weighted by atomic mass is 35.5. The van der Waals surface area contributed by atoms with Crippen LogP contribution in [0.5, 0.6) is 0 Å². The Bertz CT molecular complexity index is 947. The van der Waals surface area contributed by atoms with Crippen molar-refractivity contribution < 1.29 is 0 Å². The summed E-state index contributed by atoms with van der Waals surface area (Å²) in [5, 5.41) is 0.707. The molecule has 0 unspecified atom stereocenters. The second kappa shape index (κ2) is 6.90. The average molecular weight is 374 g/mol. The van der Waals surface area contributed by atoms with Crippen molar-refractivity contribution in [2.45, 2.75) is 38.8 Å². The number of nitrogens with zero attached hydrogens (tertiary/aromatic N) is 2. The number of H-pyrrole nitrogens is 1. The second-order valence-electron chi connectivity index (χ2n) is 6.66. The van der Waals surface area contributed by atoms with Crippen LogP contribution in [0.3, 0.4) is 0 Å². The fraction of sp³-hybridized carbons (Fsp3) is 0.368. The largest absolute Gasteiger partial charge is 0.308 e. The minimum absolute atomic E-state index is 0.0464. The van der Waals surface area contributed by atoms with E-state index < -0.39 is 0 Å². The molecule has 2 aromatic heterocycles. The topological polar surface area (TPSA) is 49.0 Å². The Kier molecular flexibility index (Phi) is 4.63. The van der Waals surface area contributed by atoms with E-state index in [9.17, 15) is 4.79 Å². The van der Waals surface area contributed by atoms with Gasteiger partial charge in [0.2, 0.25) is 0 Å². The molecule has 6 heteroatoms. The summed E-state index contributed by atoms with van der Waals surface area (Å²) >= 11 is 7.43. The zero-order chi connectivity index (χ0) is 17.4. The molecule has 130 valence electrons. The fourth-order valence-corrected chi connectivity index (χ4v) is 4.53. The van der Waals surface area contributed by atoms with Crippen LogP contribution in [0.15, 0.2) is 35.1 Å². The highest BCUT2D eigenvalue weighted by Crippen LogP contribution is 2.31. The molecule has 1 aliphatic heterocycles. The van der Waals surface area contributed by atoms with E-state index in [1.54, 1.807) is 0 Å². The van der Waals surface area contributed by atoms with Crippen LogP contribution < -0.4 is 5.56 Å². The van der Waals surface area contributed by atoms with E-state index in [0.717, 1.165) is 28.3 Å². The molecule has 1 aromatic carbocycles. The minimum Gasteiger partial charge on any atom is -0.308 e. The number of aromatic amines is 1. The van der Waals surface area contributed by atoms with Crippen LogP contribution >= 0.6 is 22.9 Å². The van der Waals surface area contributed by atoms with E-state index in [1.807, 2.05) is 30.3 Å². The third-order valence-corrected chi connectivity index (χ3v) is 6.28. The second-order valence-corrected chi connectivity index (χ2v) is 8.15. The SMILES string of the molecule is C[C@@H]1CCCCN1Cc1nc2cc(-c3ccc(Cl)cc3)sc2c(=O)[nH]1. The molecule has 0 bridgehead atoms. The summed E-state index contributed by atoms with van der Waals surface area (Å²) in [6, 6.07) is 10.2. The summed E-state index contributed by atoms with van der Waals surface area (Å²) in [5.41, 5.74) is 1.78. The molecule has 3 heterocycles. The van der Waals surface area contributed by atoms with Gasteiger partial charge in [-0.05, 0) is 50.1 Å². The lowest BCUT2D eigenvalue weighted by Gasteiger charge is -2.32. The molecule has 1 fully saturated rings. The Hall–Kier alpha value is -1.69. The third-order valence-electron chi connectivity index (χ3n) is 4.85. The molecule has 0 amide bonds. The van der Waals surface area contributed by atoms with E-state index in [-0.39, 0.29) is 5.56 Å². The summed E-state index contributed by atoms with van der Waals surface area (Å²) < 4.78 is 0.681. The number of hydrogen-bond acceptors (Lipinski definition) is 4. The van der Waals surface area contributed by atoms with Gasteiger partial charge < -0.3 is 4.98 Å².